The second-order valence-electron chi connectivity index (χ2n) is 18.4. The Morgan fingerprint density at radius 3 is 1.05 bits per heavy atom. The molecule has 0 saturated heterocycles. The summed E-state index contributed by atoms with van der Waals surface area (Å²) in [7, 11) is 0. The summed E-state index contributed by atoms with van der Waals surface area (Å²) >= 11 is 0. The zero-order chi connectivity index (χ0) is 41.6. The molecule has 8 aromatic rings. The minimum atomic E-state index is -0.297. The van der Waals surface area contributed by atoms with E-state index in [0.717, 1.165) is 56.7 Å². The van der Waals surface area contributed by atoms with E-state index in [0.29, 0.717) is 0 Å². The van der Waals surface area contributed by atoms with Crippen molar-refractivity contribution in [1.82, 2.24) is 9.97 Å². The van der Waals surface area contributed by atoms with Crippen LogP contribution in [0, 0.1) is 0 Å². The molecule has 0 saturated carbocycles. The van der Waals surface area contributed by atoms with Gasteiger partial charge in [0.15, 0.2) is 0 Å². The molecule has 60 heavy (non-hydrogen) atoms. The summed E-state index contributed by atoms with van der Waals surface area (Å²) in [6.45, 7) is 17.8. The number of benzene rings is 6. The Morgan fingerprint density at radius 2 is 0.683 bits per heavy atom. The van der Waals surface area contributed by atoms with E-state index in [1.807, 2.05) is 24.5 Å². The van der Waals surface area contributed by atoms with E-state index in [9.17, 15) is 0 Å². The number of aromatic nitrogens is 2. The average Bonchev–Trinajstić information content (AvgIpc) is 3.58. The van der Waals surface area contributed by atoms with E-state index in [-0.39, 0.29) is 22.2 Å². The molecule has 0 spiro atoms. The van der Waals surface area contributed by atoms with Crippen molar-refractivity contribution in [3.63, 3.8) is 0 Å². The third-order valence-corrected chi connectivity index (χ3v) is 13.8. The van der Waals surface area contributed by atoms with Gasteiger partial charge in [-0.2, -0.15) is 0 Å². The molecule has 0 N–H and O–H groups in total. The molecular formula is C54H50N6. The first kappa shape index (κ1) is 37.6. The molecular weight excluding hydrogens is 733 g/mol. The highest BCUT2D eigenvalue weighted by Gasteiger charge is 2.51. The van der Waals surface area contributed by atoms with Crippen LogP contribution in [-0.2, 0) is 0 Å². The SMILES string of the molecule is CC1(C)N=C(c2ccccc2)N(c2ccc(-c3ccc4c5ccc(-c6ccc(N7C(c8ccccc8)=NC(C)(C)C7(C)C)nc6)cc5c5ccccc5c4c3)cn2)C1(C)C. The molecule has 0 atom stereocenters. The Balaban J connectivity index is 0.996. The van der Waals surface area contributed by atoms with Crippen molar-refractivity contribution in [2.45, 2.75) is 77.5 Å². The fourth-order valence-corrected chi connectivity index (χ4v) is 9.03. The van der Waals surface area contributed by atoms with Gasteiger partial charge >= 0.3 is 0 Å². The zero-order valence-electron chi connectivity index (χ0n) is 35.7. The number of hydrogen-bond acceptors (Lipinski definition) is 6. The fourth-order valence-electron chi connectivity index (χ4n) is 9.03. The summed E-state index contributed by atoms with van der Waals surface area (Å²) in [4.78, 5) is 25.2. The number of rotatable bonds is 6. The molecule has 2 aromatic heterocycles. The van der Waals surface area contributed by atoms with E-state index in [2.05, 4.69) is 199 Å². The lowest BCUT2D eigenvalue weighted by atomic mass is 9.83. The van der Waals surface area contributed by atoms with Crippen LogP contribution in [0.15, 0.2) is 168 Å². The average molecular weight is 783 g/mol. The predicted molar refractivity (Wildman–Crippen MR) is 253 cm³/mol. The van der Waals surface area contributed by atoms with Crippen molar-refractivity contribution in [2.24, 2.45) is 9.98 Å². The topological polar surface area (TPSA) is 57.0 Å². The largest absolute Gasteiger partial charge is 0.303 e. The lowest BCUT2D eigenvalue weighted by Gasteiger charge is -2.40. The molecule has 0 radical (unpaired) electrons. The van der Waals surface area contributed by atoms with Crippen LogP contribution in [0.5, 0.6) is 0 Å². The molecule has 0 bridgehead atoms. The van der Waals surface area contributed by atoms with Gasteiger partial charge < -0.3 is 9.80 Å². The Labute approximate surface area is 353 Å². The second-order valence-corrected chi connectivity index (χ2v) is 18.4. The Hall–Kier alpha value is -6.66. The van der Waals surface area contributed by atoms with Crippen molar-refractivity contribution in [3.8, 4) is 22.3 Å². The molecule has 0 fully saturated rings. The maximum atomic E-state index is 5.23. The second kappa shape index (κ2) is 13.4. The number of aliphatic imine (C=N–C) groups is 2. The number of fused-ring (bicyclic) bond motifs is 6. The van der Waals surface area contributed by atoms with Gasteiger partial charge in [-0.3, -0.25) is 9.98 Å². The number of anilines is 2. The monoisotopic (exact) mass is 782 g/mol. The minimum Gasteiger partial charge on any atom is -0.303 e. The summed E-state index contributed by atoms with van der Waals surface area (Å²) in [5.41, 5.74) is 5.46. The number of hydrogen-bond donors (Lipinski definition) is 0. The minimum absolute atomic E-state index is 0.278. The van der Waals surface area contributed by atoms with Crippen LogP contribution in [0.1, 0.15) is 66.5 Å². The van der Waals surface area contributed by atoms with Gasteiger partial charge in [-0.1, -0.05) is 109 Å². The highest BCUT2D eigenvalue weighted by Crippen LogP contribution is 2.44. The smallest absolute Gasteiger partial charge is 0.137 e. The molecule has 0 amide bonds. The standard InChI is InChI=1S/C54H50N6/c1-51(2)53(5,6)59(49(57-51)35-17-11-9-12-18-35)47-29-25-39(33-55-47)37-23-27-43-44-28-24-38(32-46(44)42-22-16-15-21-41(42)45(43)31-37)40-26-30-48(56-34-40)60-50(36-19-13-10-14-20-36)58-52(3,4)54(60,7)8/h9-34H,1-8H3. The first-order chi connectivity index (χ1) is 28.7. The summed E-state index contributed by atoms with van der Waals surface area (Å²) in [6.07, 6.45) is 4.02. The van der Waals surface area contributed by atoms with Crippen LogP contribution < -0.4 is 9.80 Å². The van der Waals surface area contributed by atoms with Gasteiger partial charge in [0.25, 0.3) is 0 Å². The van der Waals surface area contributed by atoms with Gasteiger partial charge in [0.05, 0.1) is 22.2 Å². The van der Waals surface area contributed by atoms with Gasteiger partial charge in [-0.15, -0.1) is 0 Å². The molecule has 2 aliphatic heterocycles. The Kier molecular flexibility index (Phi) is 8.42. The molecule has 10 rings (SSSR count). The van der Waals surface area contributed by atoms with E-state index in [1.54, 1.807) is 0 Å². The van der Waals surface area contributed by atoms with E-state index in [1.165, 1.54) is 32.3 Å². The van der Waals surface area contributed by atoms with Crippen LogP contribution >= 0.6 is 0 Å². The molecule has 6 heteroatoms. The van der Waals surface area contributed by atoms with Crippen molar-refractivity contribution < 1.29 is 0 Å². The Morgan fingerprint density at radius 1 is 0.333 bits per heavy atom. The third kappa shape index (κ3) is 5.76. The molecule has 6 nitrogen and oxygen atoms in total. The van der Waals surface area contributed by atoms with Crippen molar-refractivity contribution in [1.29, 1.82) is 0 Å². The summed E-state index contributed by atoms with van der Waals surface area (Å²) in [5, 5.41) is 7.38. The normalized spacial score (nSPS) is 17.7. The highest BCUT2D eigenvalue weighted by atomic mass is 15.4. The lowest BCUT2D eigenvalue weighted by molar-refractivity contribution is 0.337. The molecule has 2 aliphatic rings. The molecule has 296 valence electrons. The van der Waals surface area contributed by atoms with E-state index < -0.39 is 0 Å². The van der Waals surface area contributed by atoms with Crippen LogP contribution in [0.4, 0.5) is 11.6 Å². The van der Waals surface area contributed by atoms with E-state index >= 15 is 0 Å². The van der Waals surface area contributed by atoms with Gasteiger partial charge in [0, 0.05) is 34.6 Å². The van der Waals surface area contributed by atoms with Crippen LogP contribution in [0.2, 0.25) is 0 Å². The number of amidine groups is 2. The molecule has 6 aromatic carbocycles. The quantitative estimate of drug-likeness (QED) is 0.158. The van der Waals surface area contributed by atoms with Gasteiger partial charge in [-0.05, 0) is 135 Å². The summed E-state index contributed by atoms with van der Waals surface area (Å²) in [5.74, 6) is 3.69. The zero-order valence-corrected chi connectivity index (χ0v) is 35.7. The van der Waals surface area contributed by atoms with Gasteiger partial charge in [0.1, 0.15) is 23.3 Å². The first-order valence-electron chi connectivity index (χ1n) is 21.0. The van der Waals surface area contributed by atoms with Crippen LogP contribution in [-0.4, -0.2) is 43.8 Å². The lowest BCUT2D eigenvalue weighted by Crippen LogP contribution is -2.53. The first-order valence-corrected chi connectivity index (χ1v) is 21.0. The summed E-state index contributed by atoms with van der Waals surface area (Å²) in [6, 6.07) is 52.0. The van der Waals surface area contributed by atoms with Crippen molar-refractivity contribution in [2.75, 3.05) is 9.80 Å². The van der Waals surface area contributed by atoms with Gasteiger partial charge in [-0.25, -0.2) is 9.97 Å². The third-order valence-electron chi connectivity index (χ3n) is 13.8. The van der Waals surface area contributed by atoms with Crippen molar-refractivity contribution in [3.05, 3.63) is 169 Å². The molecule has 4 heterocycles. The molecule has 0 aliphatic carbocycles. The number of nitrogens with zero attached hydrogens (tertiary/aromatic N) is 6. The molecule has 0 unspecified atom stereocenters. The Bertz CT molecular complexity index is 2790. The maximum Gasteiger partial charge on any atom is 0.137 e. The van der Waals surface area contributed by atoms with Crippen molar-refractivity contribution >= 4 is 55.6 Å². The predicted octanol–water partition coefficient (Wildman–Crippen LogP) is 12.9. The van der Waals surface area contributed by atoms with Crippen LogP contribution in [0.3, 0.4) is 0 Å². The highest BCUT2D eigenvalue weighted by molar-refractivity contribution is 6.26. The van der Waals surface area contributed by atoms with Gasteiger partial charge in [0.2, 0.25) is 0 Å². The number of pyridine rings is 2. The maximum absolute atomic E-state index is 5.23. The fraction of sp³-hybridized carbons (Fsp3) is 0.222. The summed E-state index contributed by atoms with van der Waals surface area (Å²) < 4.78 is 0. The van der Waals surface area contributed by atoms with Crippen LogP contribution in [0.25, 0.3) is 54.6 Å². The van der Waals surface area contributed by atoms with E-state index in [4.69, 9.17) is 20.0 Å².